The lowest BCUT2D eigenvalue weighted by molar-refractivity contribution is 0.100. The molecular weight excluding hydrogens is 339 g/mol. The number of Topliss-reactive ketones (excluding diaryl/α,β-unsaturated/α-hetero) is 1. The summed E-state index contributed by atoms with van der Waals surface area (Å²) in [7, 11) is 1.59. The van der Waals surface area contributed by atoms with Crippen LogP contribution in [0.3, 0.4) is 0 Å². The molecule has 25 heavy (non-hydrogen) atoms. The zero-order valence-electron chi connectivity index (χ0n) is 13.9. The number of carbonyl (C=O) groups is 1. The molecule has 130 valence electrons. The molecule has 0 spiro atoms. The predicted molar refractivity (Wildman–Crippen MR) is 100 cm³/mol. The van der Waals surface area contributed by atoms with Crippen LogP contribution in [0, 0.1) is 5.82 Å². The molecule has 1 heterocycles. The fourth-order valence-corrected chi connectivity index (χ4v) is 3.48. The van der Waals surface area contributed by atoms with E-state index in [2.05, 4.69) is 4.99 Å². The van der Waals surface area contributed by atoms with Crippen molar-refractivity contribution >= 4 is 28.4 Å². The molecule has 0 unspecified atom stereocenters. The number of amidine groups is 1. The number of ketones is 1. The van der Waals surface area contributed by atoms with Crippen molar-refractivity contribution in [3.63, 3.8) is 0 Å². The number of anilines is 1. The second-order valence-electron chi connectivity index (χ2n) is 5.58. The molecule has 0 atom stereocenters. The van der Waals surface area contributed by atoms with E-state index in [4.69, 9.17) is 4.74 Å². The monoisotopic (exact) mass is 358 g/mol. The fourth-order valence-electron chi connectivity index (χ4n) is 2.51. The van der Waals surface area contributed by atoms with Crippen LogP contribution >= 0.6 is 11.8 Å². The lowest BCUT2D eigenvalue weighted by Gasteiger charge is -2.27. The molecule has 0 amide bonds. The SMILES string of the molecule is COc1ccc(C(=O)CN(C2=NCCCS2)c2ccc(F)cc2)cc1. The van der Waals surface area contributed by atoms with Crippen molar-refractivity contribution in [2.24, 2.45) is 4.99 Å². The van der Waals surface area contributed by atoms with Gasteiger partial charge in [-0.3, -0.25) is 9.79 Å². The number of ether oxygens (including phenoxy) is 1. The Kier molecular flexibility index (Phi) is 5.71. The summed E-state index contributed by atoms with van der Waals surface area (Å²) in [5.74, 6) is 1.34. The normalized spacial score (nSPS) is 13.9. The van der Waals surface area contributed by atoms with Gasteiger partial charge in [-0.2, -0.15) is 0 Å². The van der Waals surface area contributed by atoms with E-state index in [1.54, 1.807) is 55.3 Å². The van der Waals surface area contributed by atoms with Crippen molar-refractivity contribution in [2.45, 2.75) is 6.42 Å². The molecule has 0 aliphatic carbocycles. The van der Waals surface area contributed by atoms with Gasteiger partial charge in [0.05, 0.1) is 13.7 Å². The molecule has 2 aromatic carbocycles. The van der Waals surface area contributed by atoms with E-state index in [1.165, 1.54) is 12.1 Å². The Bertz CT molecular complexity index is 760. The highest BCUT2D eigenvalue weighted by Gasteiger charge is 2.20. The van der Waals surface area contributed by atoms with Gasteiger partial charge in [-0.25, -0.2) is 4.39 Å². The van der Waals surface area contributed by atoms with Crippen LogP contribution in [0.2, 0.25) is 0 Å². The molecule has 1 aliphatic heterocycles. The molecule has 4 nitrogen and oxygen atoms in total. The zero-order chi connectivity index (χ0) is 17.6. The van der Waals surface area contributed by atoms with Crippen LogP contribution in [0.15, 0.2) is 53.5 Å². The second-order valence-corrected chi connectivity index (χ2v) is 6.64. The Balaban J connectivity index is 1.84. The van der Waals surface area contributed by atoms with Gasteiger partial charge in [0.25, 0.3) is 0 Å². The Labute approximate surface area is 150 Å². The second kappa shape index (κ2) is 8.16. The summed E-state index contributed by atoms with van der Waals surface area (Å²) in [6, 6.07) is 13.2. The fraction of sp³-hybridized carbons (Fsp3) is 0.263. The standard InChI is InChI=1S/C19H19FN2O2S/c1-24-17-9-3-14(4-10-17)18(23)13-22(19-21-11-2-12-25-19)16-7-5-15(20)6-8-16/h3-10H,2,11-13H2,1H3. The van der Waals surface area contributed by atoms with Crippen LogP contribution < -0.4 is 9.64 Å². The first-order valence-corrected chi connectivity index (χ1v) is 9.03. The summed E-state index contributed by atoms with van der Waals surface area (Å²) in [6.07, 6.45) is 1.03. The third-order valence-electron chi connectivity index (χ3n) is 3.86. The third kappa shape index (κ3) is 4.39. The first-order chi connectivity index (χ1) is 12.2. The average molecular weight is 358 g/mol. The number of benzene rings is 2. The van der Waals surface area contributed by atoms with Crippen molar-refractivity contribution in [1.82, 2.24) is 0 Å². The smallest absolute Gasteiger partial charge is 0.182 e. The third-order valence-corrected chi connectivity index (χ3v) is 4.96. The van der Waals surface area contributed by atoms with E-state index in [-0.39, 0.29) is 18.1 Å². The van der Waals surface area contributed by atoms with E-state index in [9.17, 15) is 9.18 Å². The lowest BCUT2D eigenvalue weighted by atomic mass is 10.1. The van der Waals surface area contributed by atoms with Gasteiger partial charge in [-0.15, -0.1) is 0 Å². The van der Waals surface area contributed by atoms with E-state index in [0.29, 0.717) is 11.3 Å². The van der Waals surface area contributed by atoms with Crippen LogP contribution in [-0.2, 0) is 0 Å². The summed E-state index contributed by atoms with van der Waals surface area (Å²) < 4.78 is 18.4. The Morgan fingerprint density at radius 2 is 1.92 bits per heavy atom. The first kappa shape index (κ1) is 17.5. The van der Waals surface area contributed by atoms with Crippen molar-refractivity contribution < 1.29 is 13.9 Å². The number of methoxy groups -OCH3 is 1. The van der Waals surface area contributed by atoms with E-state index in [1.807, 2.05) is 4.90 Å². The van der Waals surface area contributed by atoms with Crippen LogP contribution in [0.1, 0.15) is 16.8 Å². The van der Waals surface area contributed by atoms with Gasteiger partial charge in [0.2, 0.25) is 0 Å². The number of nitrogens with zero attached hydrogens (tertiary/aromatic N) is 2. The minimum atomic E-state index is -0.302. The Morgan fingerprint density at radius 1 is 1.20 bits per heavy atom. The zero-order valence-corrected chi connectivity index (χ0v) is 14.8. The van der Waals surface area contributed by atoms with Gasteiger partial charge < -0.3 is 9.64 Å². The van der Waals surface area contributed by atoms with Crippen molar-refractivity contribution in [3.8, 4) is 5.75 Å². The summed E-state index contributed by atoms with van der Waals surface area (Å²) >= 11 is 1.62. The molecule has 0 aromatic heterocycles. The van der Waals surface area contributed by atoms with E-state index >= 15 is 0 Å². The van der Waals surface area contributed by atoms with E-state index < -0.39 is 0 Å². The molecule has 0 radical (unpaired) electrons. The van der Waals surface area contributed by atoms with Gasteiger partial charge >= 0.3 is 0 Å². The van der Waals surface area contributed by atoms with Crippen LogP contribution in [0.4, 0.5) is 10.1 Å². The van der Waals surface area contributed by atoms with Crippen LogP contribution in [0.25, 0.3) is 0 Å². The number of rotatable bonds is 5. The minimum absolute atomic E-state index is 0.0270. The maximum Gasteiger partial charge on any atom is 0.182 e. The number of aliphatic imine (C=N–C) groups is 1. The molecule has 0 saturated carbocycles. The van der Waals surface area contributed by atoms with Crippen molar-refractivity contribution in [3.05, 3.63) is 59.9 Å². The predicted octanol–water partition coefficient (Wildman–Crippen LogP) is 4.02. The van der Waals surface area contributed by atoms with Gasteiger partial charge in [-0.1, -0.05) is 11.8 Å². The summed E-state index contributed by atoms with van der Waals surface area (Å²) in [6.45, 7) is 0.903. The molecule has 0 saturated heterocycles. The van der Waals surface area contributed by atoms with Gasteiger partial charge in [0, 0.05) is 23.5 Å². The van der Waals surface area contributed by atoms with Crippen molar-refractivity contribution in [1.29, 1.82) is 0 Å². The first-order valence-electron chi connectivity index (χ1n) is 8.05. The molecule has 6 heteroatoms. The number of hydrogen-bond acceptors (Lipinski definition) is 5. The Hall–Kier alpha value is -2.34. The van der Waals surface area contributed by atoms with Crippen LogP contribution in [-0.4, -0.2) is 36.9 Å². The maximum absolute atomic E-state index is 13.3. The highest BCUT2D eigenvalue weighted by atomic mass is 32.2. The van der Waals surface area contributed by atoms with Gasteiger partial charge in [-0.05, 0) is 55.0 Å². The maximum atomic E-state index is 13.3. The minimum Gasteiger partial charge on any atom is -0.497 e. The molecule has 0 bridgehead atoms. The quantitative estimate of drug-likeness (QED) is 0.757. The van der Waals surface area contributed by atoms with Gasteiger partial charge in [0.1, 0.15) is 11.6 Å². The number of thioether (sulfide) groups is 1. The highest BCUT2D eigenvalue weighted by Crippen LogP contribution is 2.24. The summed E-state index contributed by atoms with van der Waals surface area (Å²) in [4.78, 5) is 19.1. The molecule has 2 aromatic rings. The molecule has 3 rings (SSSR count). The number of halogens is 1. The molecular formula is C19H19FN2O2S. The van der Waals surface area contributed by atoms with Crippen LogP contribution in [0.5, 0.6) is 5.75 Å². The van der Waals surface area contributed by atoms with Gasteiger partial charge in [0.15, 0.2) is 11.0 Å². The van der Waals surface area contributed by atoms with Crippen molar-refractivity contribution in [2.75, 3.05) is 30.9 Å². The average Bonchev–Trinajstić information content (AvgIpc) is 2.67. The summed E-state index contributed by atoms with van der Waals surface area (Å²) in [5, 5.41) is 0.805. The molecule has 0 fully saturated rings. The van der Waals surface area contributed by atoms with E-state index in [0.717, 1.165) is 29.6 Å². The molecule has 0 N–H and O–H groups in total. The Morgan fingerprint density at radius 3 is 2.52 bits per heavy atom. The highest BCUT2D eigenvalue weighted by molar-refractivity contribution is 8.14. The number of hydrogen-bond donors (Lipinski definition) is 0. The summed E-state index contributed by atoms with van der Waals surface area (Å²) in [5.41, 5.74) is 1.37. The lowest BCUT2D eigenvalue weighted by Crippen LogP contribution is -2.35. The molecule has 1 aliphatic rings. The number of carbonyl (C=O) groups excluding carboxylic acids is 1. The largest absolute Gasteiger partial charge is 0.497 e. The topological polar surface area (TPSA) is 41.9 Å².